The molecule has 0 spiro atoms. The first-order chi connectivity index (χ1) is 9.31. The Morgan fingerprint density at radius 2 is 2.00 bits per heavy atom. The lowest BCUT2D eigenvalue weighted by Crippen LogP contribution is -2.35. The van der Waals surface area contributed by atoms with Crippen LogP contribution < -0.4 is 15.8 Å². The second-order valence-electron chi connectivity index (χ2n) is 4.57. The van der Waals surface area contributed by atoms with E-state index in [4.69, 9.17) is 5.73 Å². The molecule has 1 unspecified atom stereocenters. The molecule has 21 heavy (non-hydrogen) atoms. The minimum absolute atomic E-state index is 0. The molecule has 1 rings (SSSR count). The van der Waals surface area contributed by atoms with Gasteiger partial charge in [0.1, 0.15) is 0 Å². The zero-order chi connectivity index (χ0) is 15.3. The molecule has 120 valence electrons. The summed E-state index contributed by atoms with van der Waals surface area (Å²) in [6, 6.07) is 4.13. The molecular formula is C13H22ClN3O3S. The van der Waals surface area contributed by atoms with Gasteiger partial charge in [0.2, 0.25) is 15.9 Å². The molecular weight excluding hydrogens is 314 g/mol. The first kappa shape index (κ1) is 19.9. The van der Waals surface area contributed by atoms with Crippen molar-refractivity contribution in [3.8, 4) is 0 Å². The summed E-state index contributed by atoms with van der Waals surface area (Å²) in [4.78, 5) is 12.0. The lowest BCUT2D eigenvalue weighted by atomic mass is 10.1. The highest BCUT2D eigenvalue weighted by Crippen LogP contribution is 2.20. The maximum atomic E-state index is 11.8. The molecule has 0 aliphatic rings. The Bertz CT molecular complexity index is 590. The van der Waals surface area contributed by atoms with Gasteiger partial charge in [-0.3, -0.25) is 4.79 Å². The number of hydrogen-bond donors (Lipinski definition) is 3. The fraction of sp³-hybridized carbons (Fsp3) is 0.462. The van der Waals surface area contributed by atoms with Crippen molar-refractivity contribution >= 4 is 34.0 Å². The van der Waals surface area contributed by atoms with Crippen LogP contribution in [0.25, 0.3) is 0 Å². The van der Waals surface area contributed by atoms with Crippen LogP contribution in [-0.4, -0.2) is 27.4 Å². The van der Waals surface area contributed by atoms with Crippen molar-refractivity contribution in [2.75, 3.05) is 12.4 Å². The summed E-state index contributed by atoms with van der Waals surface area (Å²) in [5.41, 5.74) is 6.74. The zero-order valence-electron chi connectivity index (χ0n) is 12.3. The summed E-state index contributed by atoms with van der Waals surface area (Å²) in [5, 5.41) is 2.63. The molecule has 0 aromatic heterocycles. The van der Waals surface area contributed by atoms with Crippen molar-refractivity contribution in [3.63, 3.8) is 0 Å². The number of hydrogen-bond acceptors (Lipinski definition) is 4. The fourth-order valence-electron chi connectivity index (χ4n) is 1.75. The highest BCUT2D eigenvalue weighted by atomic mass is 35.5. The molecule has 6 nitrogen and oxygen atoms in total. The average molecular weight is 336 g/mol. The second-order valence-corrected chi connectivity index (χ2v) is 6.43. The summed E-state index contributed by atoms with van der Waals surface area (Å²) < 4.78 is 26.0. The van der Waals surface area contributed by atoms with Gasteiger partial charge in [0.05, 0.1) is 10.9 Å². The number of carbonyl (C=O) groups is 1. The molecule has 1 amide bonds. The normalized spacial score (nSPS) is 12.4. The molecule has 0 heterocycles. The van der Waals surface area contributed by atoms with E-state index in [-0.39, 0.29) is 23.2 Å². The quantitative estimate of drug-likeness (QED) is 0.731. The predicted molar refractivity (Wildman–Crippen MR) is 86.2 cm³/mol. The third kappa shape index (κ3) is 5.28. The van der Waals surface area contributed by atoms with Gasteiger partial charge in [-0.25, -0.2) is 13.1 Å². The van der Waals surface area contributed by atoms with E-state index in [2.05, 4.69) is 10.0 Å². The van der Waals surface area contributed by atoms with E-state index < -0.39 is 16.1 Å². The van der Waals surface area contributed by atoms with E-state index in [1.165, 1.54) is 13.1 Å². The predicted octanol–water partition coefficient (Wildman–Crippen LogP) is 1.39. The van der Waals surface area contributed by atoms with Gasteiger partial charge >= 0.3 is 0 Å². The van der Waals surface area contributed by atoms with Crippen LogP contribution in [0.5, 0.6) is 0 Å². The minimum Gasteiger partial charge on any atom is -0.325 e. The maximum Gasteiger partial charge on any atom is 0.241 e. The number of anilines is 1. The van der Waals surface area contributed by atoms with Crippen LogP contribution in [0.15, 0.2) is 23.1 Å². The molecule has 8 heteroatoms. The maximum absolute atomic E-state index is 11.8. The number of benzene rings is 1. The molecule has 1 aromatic rings. The molecule has 0 saturated carbocycles. The molecule has 0 bridgehead atoms. The van der Waals surface area contributed by atoms with Crippen LogP contribution in [0.1, 0.15) is 25.3 Å². The lowest BCUT2D eigenvalue weighted by molar-refractivity contribution is -0.117. The number of nitrogens with one attached hydrogen (secondary N) is 2. The highest BCUT2D eigenvalue weighted by molar-refractivity contribution is 7.89. The molecule has 0 fully saturated rings. The van der Waals surface area contributed by atoms with E-state index in [0.29, 0.717) is 17.7 Å². The van der Waals surface area contributed by atoms with Crippen LogP contribution in [-0.2, 0) is 14.8 Å². The summed E-state index contributed by atoms with van der Waals surface area (Å²) in [6.45, 7) is 3.63. The van der Waals surface area contributed by atoms with Crippen LogP contribution >= 0.6 is 12.4 Å². The van der Waals surface area contributed by atoms with Crippen molar-refractivity contribution in [1.82, 2.24) is 4.72 Å². The summed E-state index contributed by atoms with van der Waals surface area (Å²) in [6.07, 6.45) is 1.39. The summed E-state index contributed by atoms with van der Waals surface area (Å²) >= 11 is 0. The minimum atomic E-state index is -3.55. The monoisotopic (exact) mass is 335 g/mol. The van der Waals surface area contributed by atoms with Gasteiger partial charge in [-0.15, -0.1) is 12.4 Å². The Labute approximate surface area is 132 Å². The molecule has 0 aliphatic heterocycles. The Kier molecular flexibility index (Phi) is 7.87. The number of aryl methyl sites for hydroxylation is 1. The van der Waals surface area contributed by atoms with Crippen molar-refractivity contribution in [2.24, 2.45) is 5.73 Å². The van der Waals surface area contributed by atoms with Crippen LogP contribution in [0.3, 0.4) is 0 Å². The largest absolute Gasteiger partial charge is 0.325 e. The molecule has 0 radical (unpaired) electrons. The van der Waals surface area contributed by atoms with E-state index in [0.717, 1.165) is 6.42 Å². The van der Waals surface area contributed by atoms with Gasteiger partial charge < -0.3 is 11.1 Å². The summed E-state index contributed by atoms with van der Waals surface area (Å²) in [5.74, 6) is -0.316. The first-order valence-corrected chi connectivity index (χ1v) is 7.90. The molecule has 1 aromatic carbocycles. The number of sulfonamides is 1. The van der Waals surface area contributed by atoms with Gasteiger partial charge in [-0.05, 0) is 38.1 Å². The Morgan fingerprint density at radius 1 is 1.38 bits per heavy atom. The average Bonchev–Trinajstić information content (AvgIpc) is 2.41. The Hall–Kier alpha value is -1.15. The van der Waals surface area contributed by atoms with Gasteiger partial charge in [-0.2, -0.15) is 0 Å². The number of carbonyl (C=O) groups excluding carboxylic acids is 1. The van der Waals surface area contributed by atoms with E-state index in [1.807, 2.05) is 6.92 Å². The van der Waals surface area contributed by atoms with Gasteiger partial charge in [0.25, 0.3) is 0 Å². The summed E-state index contributed by atoms with van der Waals surface area (Å²) in [7, 11) is -2.21. The van der Waals surface area contributed by atoms with Crippen LogP contribution in [0.4, 0.5) is 5.69 Å². The number of rotatable bonds is 6. The third-order valence-corrected chi connectivity index (χ3v) is 4.51. The smallest absolute Gasteiger partial charge is 0.241 e. The van der Waals surface area contributed by atoms with Crippen LogP contribution in [0.2, 0.25) is 0 Å². The van der Waals surface area contributed by atoms with E-state index in [9.17, 15) is 13.2 Å². The van der Waals surface area contributed by atoms with Gasteiger partial charge in [0.15, 0.2) is 0 Å². The van der Waals surface area contributed by atoms with Crippen LogP contribution in [0, 0.1) is 6.92 Å². The Balaban J connectivity index is 0.00000400. The van der Waals surface area contributed by atoms with E-state index >= 15 is 0 Å². The van der Waals surface area contributed by atoms with Crippen molar-refractivity contribution < 1.29 is 13.2 Å². The van der Waals surface area contributed by atoms with Crippen molar-refractivity contribution in [1.29, 1.82) is 0 Å². The number of amides is 1. The Morgan fingerprint density at radius 3 is 2.52 bits per heavy atom. The molecule has 0 saturated heterocycles. The lowest BCUT2D eigenvalue weighted by Gasteiger charge is -2.13. The van der Waals surface area contributed by atoms with Crippen molar-refractivity contribution in [2.45, 2.75) is 37.6 Å². The second kappa shape index (κ2) is 8.33. The third-order valence-electron chi connectivity index (χ3n) is 2.95. The number of nitrogens with two attached hydrogens (primary N) is 1. The zero-order valence-corrected chi connectivity index (χ0v) is 14.0. The highest BCUT2D eigenvalue weighted by Gasteiger charge is 2.17. The van der Waals surface area contributed by atoms with Gasteiger partial charge in [0, 0.05) is 5.69 Å². The van der Waals surface area contributed by atoms with Crippen molar-refractivity contribution in [3.05, 3.63) is 23.8 Å². The standard InChI is InChI=1S/C13H21N3O3S.ClH/c1-4-5-11(14)13(17)16-10-7-6-9(2)12(8-10)20(18,19)15-3;/h6-8,11,15H,4-5,14H2,1-3H3,(H,16,17);1H. The topological polar surface area (TPSA) is 101 Å². The fourth-order valence-corrected chi connectivity index (χ4v) is 2.75. The molecule has 1 atom stereocenters. The molecule has 0 aliphatic carbocycles. The number of halogens is 1. The SMILES string of the molecule is CCCC(N)C(=O)Nc1ccc(C)c(S(=O)(=O)NC)c1.Cl. The van der Waals surface area contributed by atoms with E-state index in [1.54, 1.807) is 19.1 Å². The molecule has 4 N–H and O–H groups in total. The van der Waals surface area contributed by atoms with Gasteiger partial charge in [-0.1, -0.05) is 19.4 Å². The first-order valence-electron chi connectivity index (χ1n) is 6.42.